The quantitative estimate of drug-likeness (QED) is 0.278. The van der Waals surface area contributed by atoms with Crippen LogP contribution >= 0.6 is 0 Å². The summed E-state index contributed by atoms with van der Waals surface area (Å²) in [5.41, 5.74) is 11.0. The first-order valence-electron chi connectivity index (χ1n) is 16.1. The Kier molecular flexibility index (Phi) is 8.98. The second-order valence-electron chi connectivity index (χ2n) is 12.6. The third kappa shape index (κ3) is 6.36. The third-order valence-corrected chi connectivity index (χ3v) is 9.52. The highest BCUT2D eigenvalue weighted by Gasteiger charge is 2.34. The minimum atomic E-state index is -0.832. The summed E-state index contributed by atoms with van der Waals surface area (Å²) >= 11 is 0. The van der Waals surface area contributed by atoms with Crippen LogP contribution in [0, 0.1) is 5.92 Å². The molecule has 2 fully saturated rings. The average molecular weight is 593 g/mol. The molecule has 1 aliphatic heterocycles. The number of hydrogen-bond donors (Lipinski definition) is 2. The fraction of sp³-hybridized carbons (Fsp3) is 0.417. The number of hydrogen-bond acceptors (Lipinski definition) is 5. The molecule has 6 rings (SSSR count). The highest BCUT2D eigenvalue weighted by atomic mass is 16.2. The summed E-state index contributed by atoms with van der Waals surface area (Å²) in [7, 11) is 0. The number of anilines is 1. The molecular formula is C36H44N6O2. The molecule has 2 aliphatic rings. The first kappa shape index (κ1) is 29.9. The molecule has 0 unspecified atom stereocenters. The fourth-order valence-corrected chi connectivity index (χ4v) is 7.01. The van der Waals surface area contributed by atoms with E-state index in [1.165, 1.54) is 11.1 Å². The van der Waals surface area contributed by atoms with Gasteiger partial charge >= 0.3 is 0 Å². The molecule has 8 nitrogen and oxygen atoms in total. The number of nitrogens with zero attached hydrogens (tertiary/aromatic N) is 4. The first-order chi connectivity index (χ1) is 21.4. The predicted molar refractivity (Wildman–Crippen MR) is 175 cm³/mol. The van der Waals surface area contributed by atoms with Crippen molar-refractivity contribution in [3.63, 3.8) is 0 Å². The standard InChI is InChI=1S/C36H44N6O2/c1-25(2)40-20-22-41(23-21-40)36-38-31-14-8-9-15-32(31)42(36)24-26-16-18-27(19-17-26)29-12-6-7-13-30(29)35(44)39-33(34(37)43)28-10-4-3-5-11-28/h3-5,8-11,14-19,25,29-30,33H,6-7,12-13,20-24H2,1-2H3,(H2,37,43)(H,39,44)/t29-,30+,33-/m0/s1. The molecular weight excluding hydrogens is 548 g/mol. The Hall–Kier alpha value is -4.17. The number of nitrogens with two attached hydrogens (primary N) is 1. The van der Waals surface area contributed by atoms with Crippen LogP contribution < -0.4 is 16.0 Å². The lowest BCUT2D eigenvalue weighted by Gasteiger charge is -2.37. The van der Waals surface area contributed by atoms with E-state index in [1.807, 2.05) is 30.3 Å². The van der Waals surface area contributed by atoms with Crippen LogP contribution in [0.15, 0.2) is 78.9 Å². The maximum Gasteiger partial charge on any atom is 0.244 e. The number of rotatable bonds is 9. The smallest absolute Gasteiger partial charge is 0.244 e. The topological polar surface area (TPSA) is 96.5 Å². The molecule has 230 valence electrons. The molecule has 3 N–H and O–H groups in total. The molecule has 1 aliphatic carbocycles. The van der Waals surface area contributed by atoms with E-state index in [9.17, 15) is 9.59 Å². The average Bonchev–Trinajstić information content (AvgIpc) is 3.42. The Morgan fingerprint density at radius 2 is 1.57 bits per heavy atom. The van der Waals surface area contributed by atoms with Gasteiger partial charge in [-0.2, -0.15) is 0 Å². The van der Waals surface area contributed by atoms with E-state index in [4.69, 9.17) is 10.7 Å². The maximum atomic E-state index is 13.6. The van der Waals surface area contributed by atoms with Crippen LogP contribution in [0.25, 0.3) is 11.0 Å². The number of amides is 2. The number of nitrogens with one attached hydrogen (secondary N) is 1. The van der Waals surface area contributed by atoms with Gasteiger partial charge in [0.2, 0.25) is 17.8 Å². The summed E-state index contributed by atoms with van der Waals surface area (Å²) in [6.45, 7) is 9.26. The number of aromatic nitrogens is 2. The maximum absolute atomic E-state index is 13.6. The van der Waals surface area contributed by atoms with Crippen molar-refractivity contribution in [3.05, 3.63) is 95.6 Å². The Balaban J connectivity index is 1.20. The Labute approximate surface area is 260 Å². The van der Waals surface area contributed by atoms with Gasteiger partial charge in [-0.1, -0.05) is 79.6 Å². The summed E-state index contributed by atoms with van der Waals surface area (Å²) in [5, 5.41) is 2.98. The van der Waals surface area contributed by atoms with Crippen molar-refractivity contribution in [1.82, 2.24) is 19.8 Å². The summed E-state index contributed by atoms with van der Waals surface area (Å²) < 4.78 is 2.35. The van der Waals surface area contributed by atoms with E-state index in [0.717, 1.165) is 75.4 Å². The van der Waals surface area contributed by atoms with Gasteiger partial charge in [0.15, 0.2) is 0 Å². The number of carbonyl (C=O) groups is 2. The predicted octanol–water partition coefficient (Wildman–Crippen LogP) is 5.23. The van der Waals surface area contributed by atoms with Gasteiger partial charge in [-0.3, -0.25) is 14.5 Å². The highest BCUT2D eigenvalue weighted by molar-refractivity contribution is 5.89. The number of imidazole rings is 1. The largest absolute Gasteiger partial charge is 0.368 e. The zero-order chi connectivity index (χ0) is 30.6. The number of benzene rings is 3. The van der Waals surface area contributed by atoms with Crippen molar-refractivity contribution in [3.8, 4) is 0 Å². The van der Waals surface area contributed by atoms with Crippen molar-refractivity contribution in [2.75, 3.05) is 31.1 Å². The van der Waals surface area contributed by atoms with Crippen molar-refractivity contribution in [2.24, 2.45) is 11.7 Å². The minimum Gasteiger partial charge on any atom is -0.368 e. The van der Waals surface area contributed by atoms with Gasteiger partial charge in [0, 0.05) is 38.1 Å². The van der Waals surface area contributed by atoms with Gasteiger partial charge in [-0.05, 0) is 61.4 Å². The van der Waals surface area contributed by atoms with Crippen molar-refractivity contribution >= 4 is 28.8 Å². The van der Waals surface area contributed by atoms with E-state index >= 15 is 0 Å². The molecule has 8 heteroatoms. The summed E-state index contributed by atoms with van der Waals surface area (Å²) in [6.07, 6.45) is 3.83. The molecule has 3 aromatic carbocycles. The first-order valence-corrected chi connectivity index (χ1v) is 16.1. The van der Waals surface area contributed by atoms with Gasteiger partial charge in [-0.15, -0.1) is 0 Å². The molecule has 3 atom stereocenters. The van der Waals surface area contributed by atoms with Gasteiger partial charge < -0.3 is 20.5 Å². The van der Waals surface area contributed by atoms with E-state index in [2.05, 4.69) is 82.1 Å². The second kappa shape index (κ2) is 13.2. The van der Waals surface area contributed by atoms with Crippen LogP contribution in [0.2, 0.25) is 0 Å². The van der Waals surface area contributed by atoms with Crippen LogP contribution in [0.4, 0.5) is 5.95 Å². The van der Waals surface area contributed by atoms with E-state index in [0.29, 0.717) is 11.6 Å². The Morgan fingerprint density at radius 1 is 0.886 bits per heavy atom. The SMILES string of the molecule is CC(C)N1CCN(c2nc3ccccc3n2Cc2ccc([C@@H]3CCCC[C@H]3C(=O)N[C@H](C(N)=O)c3ccccc3)cc2)CC1. The number of para-hydroxylation sites is 2. The highest BCUT2D eigenvalue weighted by Crippen LogP contribution is 2.38. The monoisotopic (exact) mass is 592 g/mol. The summed E-state index contributed by atoms with van der Waals surface area (Å²) in [6, 6.07) is 26.1. The zero-order valence-electron chi connectivity index (χ0n) is 25.9. The molecule has 0 radical (unpaired) electrons. The number of fused-ring (bicyclic) bond motifs is 1. The lowest BCUT2D eigenvalue weighted by atomic mass is 9.74. The van der Waals surface area contributed by atoms with Crippen LogP contribution in [0.3, 0.4) is 0 Å². The summed E-state index contributed by atoms with van der Waals surface area (Å²) in [4.78, 5) is 35.9. The molecule has 4 aromatic rings. The zero-order valence-corrected chi connectivity index (χ0v) is 25.9. The van der Waals surface area contributed by atoms with Crippen molar-refractivity contribution < 1.29 is 9.59 Å². The number of primary amides is 1. The lowest BCUT2D eigenvalue weighted by Crippen LogP contribution is -2.49. The van der Waals surface area contributed by atoms with Gasteiger partial charge in [0.1, 0.15) is 6.04 Å². The molecule has 1 saturated heterocycles. The van der Waals surface area contributed by atoms with Crippen molar-refractivity contribution in [2.45, 2.75) is 64.1 Å². The van der Waals surface area contributed by atoms with E-state index in [1.54, 1.807) is 0 Å². The molecule has 2 amide bonds. The Morgan fingerprint density at radius 3 is 2.27 bits per heavy atom. The normalized spacial score (nSPS) is 20.1. The van der Waals surface area contributed by atoms with Crippen LogP contribution in [0.5, 0.6) is 0 Å². The van der Waals surface area contributed by atoms with Gasteiger partial charge in [0.05, 0.1) is 17.6 Å². The molecule has 0 spiro atoms. The molecule has 2 heterocycles. The number of carbonyl (C=O) groups excluding carboxylic acids is 2. The van der Waals surface area contributed by atoms with Crippen LogP contribution in [-0.2, 0) is 16.1 Å². The van der Waals surface area contributed by atoms with Crippen LogP contribution in [-0.4, -0.2) is 58.5 Å². The second-order valence-corrected chi connectivity index (χ2v) is 12.6. The van der Waals surface area contributed by atoms with Crippen molar-refractivity contribution in [1.29, 1.82) is 0 Å². The molecule has 44 heavy (non-hydrogen) atoms. The Bertz CT molecular complexity index is 1570. The third-order valence-electron chi connectivity index (χ3n) is 9.52. The fourth-order valence-electron chi connectivity index (χ4n) is 7.01. The van der Waals surface area contributed by atoms with E-state index in [-0.39, 0.29) is 17.7 Å². The van der Waals surface area contributed by atoms with E-state index < -0.39 is 11.9 Å². The van der Waals surface area contributed by atoms with Gasteiger partial charge in [0.25, 0.3) is 0 Å². The number of piperazine rings is 1. The molecule has 1 aromatic heterocycles. The minimum absolute atomic E-state index is 0.0986. The molecule has 0 bridgehead atoms. The summed E-state index contributed by atoms with van der Waals surface area (Å²) in [5.74, 6) is 0.288. The lowest BCUT2D eigenvalue weighted by molar-refractivity contribution is -0.131. The van der Waals surface area contributed by atoms with Crippen LogP contribution in [0.1, 0.15) is 68.2 Å². The van der Waals surface area contributed by atoms with Gasteiger partial charge in [-0.25, -0.2) is 4.98 Å². The molecule has 1 saturated carbocycles.